The van der Waals surface area contributed by atoms with Crippen LogP contribution in [0.25, 0.3) is 0 Å². The molecule has 3 nitrogen and oxygen atoms in total. The van der Waals surface area contributed by atoms with Crippen molar-refractivity contribution in [2.75, 3.05) is 20.8 Å². The second kappa shape index (κ2) is 4.39. The molecular formula is C13H18ClNO2. The van der Waals surface area contributed by atoms with Crippen molar-refractivity contribution in [1.82, 2.24) is 0 Å². The zero-order chi connectivity index (χ0) is 12.6. The van der Waals surface area contributed by atoms with Crippen molar-refractivity contribution in [3.05, 3.63) is 22.2 Å². The first kappa shape index (κ1) is 12.5. The number of hydrogen-bond acceptors (Lipinski definition) is 3. The molecule has 17 heavy (non-hydrogen) atoms. The van der Waals surface area contributed by atoms with Gasteiger partial charge in [0.25, 0.3) is 0 Å². The first-order chi connectivity index (χ1) is 8.09. The second-order valence-corrected chi connectivity index (χ2v) is 4.98. The van der Waals surface area contributed by atoms with Gasteiger partial charge in [-0.2, -0.15) is 0 Å². The fourth-order valence-electron chi connectivity index (χ4n) is 2.28. The van der Waals surface area contributed by atoms with E-state index >= 15 is 0 Å². The van der Waals surface area contributed by atoms with Crippen molar-refractivity contribution >= 4 is 11.6 Å². The Morgan fingerprint density at radius 3 is 2.41 bits per heavy atom. The maximum Gasteiger partial charge on any atom is 0.166 e. The van der Waals surface area contributed by atoms with Crippen molar-refractivity contribution in [3.63, 3.8) is 0 Å². The van der Waals surface area contributed by atoms with Crippen molar-refractivity contribution in [2.45, 2.75) is 25.2 Å². The summed E-state index contributed by atoms with van der Waals surface area (Å²) < 4.78 is 10.8. The summed E-state index contributed by atoms with van der Waals surface area (Å²) in [6, 6.07) is 1.90. The maximum atomic E-state index is 6.42. The monoisotopic (exact) mass is 255 g/mol. The molecule has 1 fully saturated rings. The molecule has 0 bridgehead atoms. The number of aryl methyl sites for hydroxylation is 1. The van der Waals surface area contributed by atoms with E-state index in [9.17, 15) is 0 Å². The third-order valence-electron chi connectivity index (χ3n) is 3.56. The predicted octanol–water partition coefficient (Wildman–Crippen LogP) is 2.66. The van der Waals surface area contributed by atoms with E-state index in [2.05, 4.69) is 0 Å². The van der Waals surface area contributed by atoms with Crippen LogP contribution in [0, 0.1) is 6.92 Å². The van der Waals surface area contributed by atoms with Crippen LogP contribution < -0.4 is 15.2 Å². The van der Waals surface area contributed by atoms with Crippen molar-refractivity contribution in [3.8, 4) is 11.5 Å². The molecule has 1 aliphatic rings. The van der Waals surface area contributed by atoms with Gasteiger partial charge in [-0.15, -0.1) is 0 Å². The van der Waals surface area contributed by atoms with E-state index in [0.29, 0.717) is 6.54 Å². The van der Waals surface area contributed by atoms with E-state index in [4.69, 9.17) is 26.8 Å². The maximum absolute atomic E-state index is 6.42. The van der Waals surface area contributed by atoms with Crippen molar-refractivity contribution < 1.29 is 9.47 Å². The average molecular weight is 256 g/mol. The summed E-state index contributed by atoms with van der Waals surface area (Å²) in [5, 5.41) is 0.755. The minimum absolute atomic E-state index is 0.0122. The van der Waals surface area contributed by atoms with Gasteiger partial charge < -0.3 is 15.2 Å². The smallest absolute Gasteiger partial charge is 0.166 e. The normalized spacial score (nSPS) is 16.8. The number of benzene rings is 1. The van der Waals surface area contributed by atoms with E-state index in [-0.39, 0.29) is 5.41 Å². The molecule has 2 rings (SSSR count). The van der Waals surface area contributed by atoms with E-state index in [1.54, 1.807) is 14.2 Å². The second-order valence-electron chi connectivity index (χ2n) is 4.60. The van der Waals surface area contributed by atoms with Gasteiger partial charge in [0, 0.05) is 17.5 Å². The van der Waals surface area contributed by atoms with Gasteiger partial charge in [-0.05, 0) is 31.4 Å². The van der Waals surface area contributed by atoms with Crippen molar-refractivity contribution in [2.24, 2.45) is 5.73 Å². The molecule has 0 heterocycles. The molecule has 94 valence electrons. The van der Waals surface area contributed by atoms with Crippen molar-refractivity contribution in [1.29, 1.82) is 0 Å². The highest BCUT2D eigenvalue weighted by Crippen LogP contribution is 2.55. The fraction of sp³-hybridized carbons (Fsp3) is 0.538. The van der Waals surface area contributed by atoms with Gasteiger partial charge >= 0.3 is 0 Å². The standard InChI is InChI=1S/C13H18ClNO2/c1-8-6-9(16-2)12(17-3)10(11(8)14)13(7-15)4-5-13/h6H,4-5,7,15H2,1-3H3. The van der Waals surface area contributed by atoms with Gasteiger partial charge in [0.15, 0.2) is 11.5 Å². The lowest BCUT2D eigenvalue weighted by molar-refractivity contribution is 0.348. The highest BCUT2D eigenvalue weighted by Gasteiger charge is 2.47. The molecule has 0 spiro atoms. The Bertz CT molecular complexity index is 442. The Hall–Kier alpha value is -0.930. The molecule has 1 aliphatic carbocycles. The third kappa shape index (κ3) is 1.87. The molecule has 2 N–H and O–H groups in total. The van der Waals surface area contributed by atoms with Crippen LogP contribution in [0.1, 0.15) is 24.0 Å². The minimum Gasteiger partial charge on any atom is -0.493 e. The lowest BCUT2D eigenvalue weighted by Gasteiger charge is -2.22. The number of rotatable bonds is 4. The molecule has 1 saturated carbocycles. The summed E-state index contributed by atoms with van der Waals surface area (Å²) in [7, 11) is 3.27. The molecule has 1 aromatic rings. The summed E-state index contributed by atoms with van der Waals surface area (Å²) in [4.78, 5) is 0. The Morgan fingerprint density at radius 1 is 1.35 bits per heavy atom. The van der Waals surface area contributed by atoms with E-state index < -0.39 is 0 Å². The SMILES string of the molecule is COc1cc(C)c(Cl)c(C2(CN)CC2)c1OC. The van der Waals surface area contributed by atoms with Crippen LogP contribution in [-0.4, -0.2) is 20.8 Å². The Labute approximate surface area is 107 Å². The van der Waals surface area contributed by atoms with Gasteiger partial charge in [-0.1, -0.05) is 11.6 Å². The summed E-state index contributed by atoms with van der Waals surface area (Å²) in [6.07, 6.45) is 2.12. The first-order valence-electron chi connectivity index (χ1n) is 5.71. The highest BCUT2D eigenvalue weighted by atomic mass is 35.5. The van der Waals surface area contributed by atoms with E-state index in [0.717, 1.165) is 40.5 Å². The fourth-order valence-corrected chi connectivity index (χ4v) is 2.62. The summed E-state index contributed by atoms with van der Waals surface area (Å²) in [5.41, 5.74) is 7.88. The number of methoxy groups -OCH3 is 2. The summed E-state index contributed by atoms with van der Waals surface area (Å²) in [6.45, 7) is 2.57. The minimum atomic E-state index is -0.0122. The molecule has 4 heteroatoms. The van der Waals surface area contributed by atoms with Crippen LogP contribution in [0.2, 0.25) is 5.02 Å². The van der Waals surface area contributed by atoms with Gasteiger partial charge in [-0.25, -0.2) is 0 Å². The van der Waals surface area contributed by atoms with Crippen LogP contribution in [0.5, 0.6) is 11.5 Å². The van der Waals surface area contributed by atoms with Crippen LogP contribution in [-0.2, 0) is 5.41 Å². The van der Waals surface area contributed by atoms with Gasteiger partial charge in [-0.3, -0.25) is 0 Å². The first-order valence-corrected chi connectivity index (χ1v) is 6.09. The van der Waals surface area contributed by atoms with Gasteiger partial charge in [0.2, 0.25) is 0 Å². The zero-order valence-corrected chi connectivity index (χ0v) is 11.2. The van der Waals surface area contributed by atoms with Crippen LogP contribution in [0.15, 0.2) is 6.07 Å². The summed E-state index contributed by atoms with van der Waals surface area (Å²) >= 11 is 6.42. The van der Waals surface area contributed by atoms with Gasteiger partial charge in [0.1, 0.15) is 0 Å². The molecule has 0 aliphatic heterocycles. The Kier molecular flexibility index (Phi) is 3.23. The van der Waals surface area contributed by atoms with Crippen LogP contribution in [0.4, 0.5) is 0 Å². The molecule has 0 amide bonds. The molecule has 0 unspecified atom stereocenters. The number of hydrogen-bond donors (Lipinski definition) is 1. The topological polar surface area (TPSA) is 44.5 Å². The van der Waals surface area contributed by atoms with E-state index in [1.807, 2.05) is 13.0 Å². The third-order valence-corrected chi connectivity index (χ3v) is 4.05. The number of nitrogens with two attached hydrogens (primary N) is 1. The molecule has 0 saturated heterocycles. The Balaban J connectivity index is 2.66. The molecule has 0 radical (unpaired) electrons. The largest absolute Gasteiger partial charge is 0.493 e. The quantitative estimate of drug-likeness (QED) is 0.900. The lowest BCUT2D eigenvalue weighted by Crippen LogP contribution is -2.21. The molecule has 0 aromatic heterocycles. The molecular weight excluding hydrogens is 238 g/mol. The predicted molar refractivity (Wildman–Crippen MR) is 69.3 cm³/mol. The van der Waals surface area contributed by atoms with Crippen LogP contribution in [0.3, 0.4) is 0 Å². The van der Waals surface area contributed by atoms with Crippen LogP contribution >= 0.6 is 11.6 Å². The number of halogens is 1. The summed E-state index contributed by atoms with van der Waals surface area (Å²) in [5.74, 6) is 1.45. The average Bonchev–Trinajstić information content (AvgIpc) is 3.12. The van der Waals surface area contributed by atoms with E-state index in [1.165, 1.54) is 0 Å². The number of ether oxygens (including phenoxy) is 2. The Morgan fingerprint density at radius 2 is 2.00 bits per heavy atom. The lowest BCUT2D eigenvalue weighted by atomic mass is 9.93. The molecule has 0 atom stereocenters. The zero-order valence-electron chi connectivity index (χ0n) is 10.5. The molecule has 1 aromatic carbocycles. The van der Waals surface area contributed by atoms with Gasteiger partial charge in [0.05, 0.1) is 19.2 Å². The highest BCUT2D eigenvalue weighted by molar-refractivity contribution is 6.32.